The Balaban J connectivity index is 3.20. The van der Waals surface area contributed by atoms with Crippen molar-refractivity contribution in [2.45, 2.75) is 95.6 Å². The number of aliphatic hydroxyl groups is 1. The molecule has 3 atom stereocenters. The Hall–Kier alpha value is -0.654. The molecule has 0 aliphatic carbocycles. The number of hydrogen-bond donors (Lipinski definition) is 1. The van der Waals surface area contributed by atoms with Gasteiger partial charge in [0.1, 0.15) is 0 Å². The van der Waals surface area contributed by atoms with E-state index in [0.717, 1.165) is 4.46 Å². The van der Waals surface area contributed by atoms with Gasteiger partial charge < -0.3 is 0 Å². The SMILES string of the molecule is C[C@H](O[Si](C)(C)C(C)(C)C)[C@H](O)[C@](C)([Se]c1ccccc1)C(=O)OC(C)(C)C. The molecular weight excluding hydrogens is 435 g/mol. The van der Waals surface area contributed by atoms with E-state index in [4.69, 9.17) is 9.16 Å². The summed E-state index contributed by atoms with van der Waals surface area (Å²) in [6.07, 6.45) is -1.43. The van der Waals surface area contributed by atoms with Crippen LogP contribution in [0.2, 0.25) is 22.4 Å². The second kappa shape index (κ2) is 9.01. The van der Waals surface area contributed by atoms with Gasteiger partial charge in [-0.3, -0.25) is 0 Å². The third-order valence-electron chi connectivity index (χ3n) is 5.17. The van der Waals surface area contributed by atoms with Crippen molar-refractivity contribution in [1.29, 1.82) is 0 Å². The predicted octanol–water partition coefficient (Wildman–Crippen LogP) is 4.31. The molecule has 0 saturated heterocycles. The van der Waals surface area contributed by atoms with E-state index in [0.29, 0.717) is 0 Å². The van der Waals surface area contributed by atoms with Crippen molar-refractivity contribution < 1.29 is 19.1 Å². The summed E-state index contributed by atoms with van der Waals surface area (Å²) in [5, 5.41) is 11.3. The van der Waals surface area contributed by atoms with Gasteiger partial charge in [0.15, 0.2) is 0 Å². The molecule has 0 bridgehead atoms. The minimum atomic E-state index is -2.09. The number of carbonyl (C=O) groups is 1. The van der Waals surface area contributed by atoms with Gasteiger partial charge in [0.05, 0.1) is 0 Å². The molecule has 0 radical (unpaired) electrons. The van der Waals surface area contributed by atoms with Crippen molar-refractivity contribution in [3.8, 4) is 0 Å². The minimum absolute atomic E-state index is 0.0217. The summed E-state index contributed by atoms with van der Waals surface area (Å²) in [6, 6.07) is 9.84. The van der Waals surface area contributed by atoms with Gasteiger partial charge in [-0.2, -0.15) is 0 Å². The van der Waals surface area contributed by atoms with Crippen LogP contribution in [0.3, 0.4) is 0 Å². The number of rotatable bonds is 7. The van der Waals surface area contributed by atoms with E-state index in [1.807, 2.05) is 65.0 Å². The summed E-state index contributed by atoms with van der Waals surface area (Å²) in [6.45, 7) is 20.0. The average Bonchev–Trinajstić information content (AvgIpc) is 2.51. The van der Waals surface area contributed by atoms with Crippen LogP contribution in [0.1, 0.15) is 55.4 Å². The zero-order chi connectivity index (χ0) is 22.0. The summed E-state index contributed by atoms with van der Waals surface area (Å²) in [4.78, 5) is 13.2. The molecule has 0 amide bonds. The fourth-order valence-electron chi connectivity index (χ4n) is 2.49. The van der Waals surface area contributed by atoms with Crippen LogP contribution >= 0.6 is 0 Å². The first-order chi connectivity index (χ1) is 12.5. The summed E-state index contributed by atoms with van der Waals surface area (Å²) < 4.78 is 12.1. The molecule has 0 spiro atoms. The maximum absolute atomic E-state index is 13.2. The quantitative estimate of drug-likeness (QED) is 0.474. The molecular formula is C22H38O4SeSi. The van der Waals surface area contributed by atoms with Crippen LogP contribution in [0.25, 0.3) is 0 Å². The van der Waals surface area contributed by atoms with Crippen LogP contribution in [-0.4, -0.2) is 52.2 Å². The van der Waals surface area contributed by atoms with E-state index in [1.54, 1.807) is 0 Å². The Kier molecular flexibility index (Phi) is 8.17. The second-order valence-corrected chi connectivity index (χ2v) is 18.0. The molecule has 0 aliphatic heterocycles. The van der Waals surface area contributed by atoms with Crippen molar-refractivity contribution in [3.05, 3.63) is 30.3 Å². The normalized spacial score (nSPS) is 17.5. The van der Waals surface area contributed by atoms with E-state index in [1.165, 1.54) is 0 Å². The van der Waals surface area contributed by atoms with E-state index in [9.17, 15) is 9.90 Å². The number of aliphatic hydroxyl groups excluding tert-OH is 1. The first kappa shape index (κ1) is 25.4. The molecule has 0 saturated carbocycles. The molecule has 4 nitrogen and oxygen atoms in total. The van der Waals surface area contributed by atoms with Crippen molar-refractivity contribution in [3.63, 3.8) is 0 Å². The zero-order valence-electron chi connectivity index (χ0n) is 19.1. The molecule has 0 aliphatic rings. The predicted molar refractivity (Wildman–Crippen MR) is 120 cm³/mol. The third-order valence-corrected chi connectivity index (χ3v) is 12.6. The van der Waals surface area contributed by atoms with Gasteiger partial charge in [-0.15, -0.1) is 0 Å². The maximum atomic E-state index is 13.2. The van der Waals surface area contributed by atoms with Gasteiger partial charge in [0.2, 0.25) is 0 Å². The Bertz CT molecular complexity index is 649. The molecule has 28 heavy (non-hydrogen) atoms. The molecule has 0 unspecified atom stereocenters. The molecule has 1 N–H and O–H groups in total. The summed E-state index contributed by atoms with van der Waals surface area (Å²) in [5.41, 5.74) is -0.617. The van der Waals surface area contributed by atoms with Crippen molar-refractivity contribution in [2.24, 2.45) is 0 Å². The molecule has 1 rings (SSSR count). The van der Waals surface area contributed by atoms with Gasteiger partial charge in [0.25, 0.3) is 0 Å². The monoisotopic (exact) mass is 474 g/mol. The van der Waals surface area contributed by atoms with Crippen LogP contribution < -0.4 is 4.46 Å². The fourth-order valence-corrected chi connectivity index (χ4v) is 6.46. The molecule has 1 aromatic carbocycles. The topological polar surface area (TPSA) is 55.8 Å². The number of carbonyl (C=O) groups excluding carboxylic acids is 1. The standard InChI is InChI=1S/C22H38O4SeSi/c1-16(26-28(9,10)21(5,6)7)18(23)22(8,19(24)25-20(2,3)4)27-17-14-12-11-13-15-17/h11-16,18,23H,1-10H3/t16-,18-,22-/m0/s1. The van der Waals surface area contributed by atoms with Gasteiger partial charge >= 0.3 is 179 Å². The van der Waals surface area contributed by atoms with Crippen molar-refractivity contribution >= 4 is 33.7 Å². The number of esters is 1. The molecule has 160 valence electrons. The van der Waals surface area contributed by atoms with Gasteiger partial charge in [-0.25, -0.2) is 0 Å². The van der Waals surface area contributed by atoms with Crippen LogP contribution in [0, 0.1) is 0 Å². The first-order valence-corrected chi connectivity index (χ1v) is 14.5. The Labute approximate surface area is 178 Å². The van der Waals surface area contributed by atoms with Gasteiger partial charge in [0, 0.05) is 0 Å². The number of hydrogen-bond acceptors (Lipinski definition) is 4. The Morgan fingerprint density at radius 1 is 1.04 bits per heavy atom. The Morgan fingerprint density at radius 3 is 1.96 bits per heavy atom. The van der Waals surface area contributed by atoms with E-state index < -0.39 is 30.4 Å². The van der Waals surface area contributed by atoms with Crippen molar-refractivity contribution in [1.82, 2.24) is 0 Å². The van der Waals surface area contributed by atoms with Crippen molar-refractivity contribution in [2.75, 3.05) is 0 Å². The zero-order valence-corrected chi connectivity index (χ0v) is 21.8. The first-order valence-electron chi connectivity index (χ1n) is 9.83. The van der Waals surface area contributed by atoms with Crippen LogP contribution in [0.15, 0.2) is 30.3 Å². The molecule has 1 aromatic rings. The van der Waals surface area contributed by atoms with Crippen LogP contribution in [0.4, 0.5) is 0 Å². The van der Waals surface area contributed by atoms with E-state index >= 15 is 0 Å². The number of ether oxygens (including phenoxy) is 1. The molecule has 0 heterocycles. The average molecular weight is 474 g/mol. The molecule has 0 fully saturated rings. The molecule has 6 heteroatoms. The summed E-state index contributed by atoms with van der Waals surface area (Å²) >= 11 is -0.318. The number of benzene rings is 1. The van der Waals surface area contributed by atoms with Crippen LogP contribution in [0.5, 0.6) is 0 Å². The summed E-state index contributed by atoms with van der Waals surface area (Å²) in [7, 11) is -2.09. The van der Waals surface area contributed by atoms with Gasteiger partial charge in [-0.05, 0) is 0 Å². The second-order valence-electron chi connectivity index (χ2n) is 10.1. The van der Waals surface area contributed by atoms with Gasteiger partial charge in [-0.1, -0.05) is 0 Å². The Morgan fingerprint density at radius 2 is 1.54 bits per heavy atom. The van der Waals surface area contributed by atoms with E-state index in [2.05, 4.69) is 33.9 Å². The van der Waals surface area contributed by atoms with Crippen LogP contribution in [-0.2, 0) is 14.0 Å². The molecule has 0 aromatic heterocycles. The third kappa shape index (κ3) is 6.70. The fraction of sp³-hybridized carbons (Fsp3) is 0.682. The summed E-state index contributed by atoms with van der Waals surface area (Å²) in [5.74, 6) is -0.373. The van der Waals surface area contributed by atoms with E-state index in [-0.39, 0.29) is 26.0 Å².